The predicted molar refractivity (Wildman–Crippen MR) is 96.1 cm³/mol. The molecule has 0 saturated carbocycles. The van der Waals surface area contributed by atoms with Crippen molar-refractivity contribution >= 4 is 28.7 Å². The molecule has 116 valence electrons. The van der Waals surface area contributed by atoms with E-state index in [1.54, 1.807) is 0 Å². The lowest BCUT2D eigenvalue weighted by Gasteiger charge is -2.28. The van der Waals surface area contributed by atoms with Gasteiger partial charge in [-0.2, -0.15) is 0 Å². The molecule has 2 aromatic heterocycles. The van der Waals surface area contributed by atoms with E-state index < -0.39 is 0 Å². The summed E-state index contributed by atoms with van der Waals surface area (Å²) >= 11 is 7.43. The minimum atomic E-state index is 0.116. The van der Waals surface area contributed by atoms with Crippen molar-refractivity contribution in [3.63, 3.8) is 0 Å². The molecular formula is C17H21N3S2. The van der Waals surface area contributed by atoms with Crippen LogP contribution < -0.4 is 5.32 Å². The molecule has 0 bridgehead atoms. The molecule has 0 aliphatic carbocycles. The maximum absolute atomic E-state index is 5.62. The van der Waals surface area contributed by atoms with Crippen molar-refractivity contribution in [1.29, 1.82) is 0 Å². The van der Waals surface area contributed by atoms with E-state index in [9.17, 15) is 0 Å². The number of aromatic nitrogens is 1. The Morgan fingerprint density at radius 2 is 2.18 bits per heavy atom. The zero-order chi connectivity index (χ0) is 15.7. The summed E-state index contributed by atoms with van der Waals surface area (Å²) in [5.41, 5.74) is 2.38. The highest BCUT2D eigenvalue weighted by Gasteiger charge is 2.40. The number of nitrogens with zero attached hydrogens (tertiary/aromatic N) is 2. The van der Waals surface area contributed by atoms with Gasteiger partial charge in [-0.25, -0.2) is 0 Å². The molecule has 1 fully saturated rings. The van der Waals surface area contributed by atoms with Crippen molar-refractivity contribution < 1.29 is 0 Å². The lowest BCUT2D eigenvalue weighted by Crippen LogP contribution is -2.32. The van der Waals surface area contributed by atoms with E-state index >= 15 is 0 Å². The van der Waals surface area contributed by atoms with Crippen LogP contribution in [0.25, 0.3) is 0 Å². The second-order valence-electron chi connectivity index (χ2n) is 6.14. The highest BCUT2D eigenvalue weighted by Crippen LogP contribution is 2.42. The maximum atomic E-state index is 5.62. The Kier molecular flexibility index (Phi) is 4.45. The van der Waals surface area contributed by atoms with Gasteiger partial charge in [0.05, 0.1) is 17.8 Å². The molecule has 2 atom stereocenters. The standard InChI is InChI=1S/C17H21N3S2/c1-11(2)10-20-15(16-12(3)7-9-22-16)14(19-17(20)21)13-6-4-5-8-18-13/h4-9,11,14-15H,10H2,1-3H3,(H,19,21)/t14-,15+/m1/s1. The first-order chi connectivity index (χ1) is 10.6. The van der Waals surface area contributed by atoms with Crippen molar-refractivity contribution in [2.45, 2.75) is 32.9 Å². The molecule has 0 amide bonds. The minimum Gasteiger partial charge on any atom is -0.352 e. The Labute approximate surface area is 141 Å². The van der Waals surface area contributed by atoms with Crippen molar-refractivity contribution in [3.8, 4) is 0 Å². The molecule has 1 aliphatic heterocycles. The average molecular weight is 332 g/mol. The first-order valence-electron chi connectivity index (χ1n) is 7.60. The van der Waals surface area contributed by atoms with E-state index in [-0.39, 0.29) is 12.1 Å². The van der Waals surface area contributed by atoms with E-state index in [0.29, 0.717) is 5.92 Å². The summed E-state index contributed by atoms with van der Waals surface area (Å²) in [6.07, 6.45) is 1.85. The molecule has 5 heteroatoms. The molecule has 0 radical (unpaired) electrons. The van der Waals surface area contributed by atoms with Gasteiger partial charge >= 0.3 is 0 Å². The van der Waals surface area contributed by atoms with Crippen LogP contribution in [0.4, 0.5) is 0 Å². The number of pyridine rings is 1. The summed E-state index contributed by atoms with van der Waals surface area (Å²) in [5.74, 6) is 0.560. The van der Waals surface area contributed by atoms with Crippen LogP contribution in [0.15, 0.2) is 35.8 Å². The second-order valence-corrected chi connectivity index (χ2v) is 7.48. The van der Waals surface area contributed by atoms with Crippen molar-refractivity contribution in [2.75, 3.05) is 6.54 Å². The SMILES string of the molecule is Cc1ccsc1[C@@H]1[C@@H](c2ccccn2)NC(=S)N1CC(C)C. The lowest BCUT2D eigenvalue weighted by molar-refractivity contribution is 0.291. The fourth-order valence-electron chi connectivity index (χ4n) is 2.97. The number of thiocarbonyl (C=S) groups is 1. The second kappa shape index (κ2) is 6.34. The fraction of sp³-hybridized carbons (Fsp3) is 0.412. The third-order valence-electron chi connectivity index (χ3n) is 3.93. The van der Waals surface area contributed by atoms with Crippen molar-refractivity contribution in [3.05, 3.63) is 52.0 Å². The molecule has 0 unspecified atom stereocenters. The zero-order valence-corrected chi connectivity index (χ0v) is 14.7. The average Bonchev–Trinajstić information content (AvgIpc) is 3.04. The molecule has 0 aromatic carbocycles. The molecule has 0 spiro atoms. The van der Waals surface area contributed by atoms with Crippen LogP contribution in [0.2, 0.25) is 0 Å². The van der Waals surface area contributed by atoms with Gasteiger partial charge in [-0.15, -0.1) is 11.3 Å². The van der Waals surface area contributed by atoms with Crippen LogP contribution in [0, 0.1) is 12.8 Å². The molecule has 1 N–H and O–H groups in total. The normalized spacial score (nSPS) is 21.5. The first kappa shape index (κ1) is 15.4. The van der Waals surface area contributed by atoms with Gasteiger partial charge in [0.25, 0.3) is 0 Å². The minimum absolute atomic E-state index is 0.116. The van der Waals surface area contributed by atoms with Gasteiger partial charge in [0, 0.05) is 17.6 Å². The summed E-state index contributed by atoms with van der Waals surface area (Å²) in [5, 5.41) is 6.49. The van der Waals surface area contributed by atoms with E-state index in [1.807, 2.05) is 29.7 Å². The van der Waals surface area contributed by atoms with Crippen LogP contribution in [0.5, 0.6) is 0 Å². The molecule has 3 nitrogen and oxygen atoms in total. The van der Waals surface area contributed by atoms with E-state index in [2.05, 4.69) is 53.5 Å². The van der Waals surface area contributed by atoms with Gasteiger partial charge in [0.2, 0.25) is 0 Å². The first-order valence-corrected chi connectivity index (χ1v) is 8.88. The van der Waals surface area contributed by atoms with Crippen LogP contribution in [-0.4, -0.2) is 21.5 Å². The molecule has 3 rings (SSSR count). The van der Waals surface area contributed by atoms with Gasteiger partial charge in [-0.05, 0) is 54.2 Å². The Balaban J connectivity index is 2.02. The maximum Gasteiger partial charge on any atom is 0.170 e. The Bertz CT molecular complexity index is 651. The van der Waals surface area contributed by atoms with Crippen LogP contribution in [-0.2, 0) is 0 Å². The van der Waals surface area contributed by atoms with Gasteiger partial charge < -0.3 is 10.2 Å². The third kappa shape index (κ3) is 2.88. The zero-order valence-electron chi connectivity index (χ0n) is 13.1. The molecule has 1 aliphatic rings. The molecule has 2 aromatic rings. The smallest absolute Gasteiger partial charge is 0.170 e. The number of thiophene rings is 1. The molecular weight excluding hydrogens is 310 g/mol. The number of nitrogens with one attached hydrogen (secondary N) is 1. The molecule has 22 heavy (non-hydrogen) atoms. The fourth-order valence-corrected chi connectivity index (χ4v) is 4.36. The van der Waals surface area contributed by atoms with Gasteiger partial charge in [-0.1, -0.05) is 19.9 Å². The van der Waals surface area contributed by atoms with Crippen LogP contribution in [0.1, 0.15) is 42.1 Å². The number of hydrogen-bond donors (Lipinski definition) is 1. The predicted octanol–water partition coefficient (Wildman–Crippen LogP) is 4.08. The Hall–Kier alpha value is -1.46. The van der Waals surface area contributed by atoms with Gasteiger partial charge in [-0.3, -0.25) is 4.98 Å². The van der Waals surface area contributed by atoms with Gasteiger partial charge in [0.15, 0.2) is 5.11 Å². The summed E-state index contributed by atoms with van der Waals surface area (Å²) in [6, 6.07) is 8.60. The molecule has 1 saturated heterocycles. The van der Waals surface area contributed by atoms with Crippen molar-refractivity contribution in [2.24, 2.45) is 5.92 Å². The topological polar surface area (TPSA) is 28.2 Å². The Morgan fingerprint density at radius 3 is 2.77 bits per heavy atom. The quantitative estimate of drug-likeness (QED) is 0.855. The number of rotatable bonds is 4. The third-order valence-corrected chi connectivity index (χ3v) is 5.37. The van der Waals surface area contributed by atoms with Gasteiger partial charge in [0.1, 0.15) is 0 Å². The highest BCUT2D eigenvalue weighted by molar-refractivity contribution is 7.80. The summed E-state index contributed by atoms with van der Waals surface area (Å²) in [6.45, 7) is 7.59. The Morgan fingerprint density at radius 1 is 1.36 bits per heavy atom. The number of aryl methyl sites for hydroxylation is 1. The van der Waals surface area contributed by atoms with E-state index in [1.165, 1.54) is 10.4 Å². The van der Waals surface area contributed by atoms with Crippen LogP contribution in [0.3, 0.4) is 0 Å². The lowest BCUT2D eigenvalue weighted by atomic mass is 10.0. The largest absolute Gasteiger partial charge is 0.352 e. The van der Waals surface area contributed by atoms with Crippen LogP contribution >= 0.6 is 23.6 Å². The summed E-state index contributed by atoms with van der Waals surface area (Å²) < 4.78 is 0. The monoisotopic (exact) mass is 331 g/mol. The van der Waals surface area contributed by atoms with E-state index in [4.69, 9.17) is 12.2 Å². The summed E-state index contributed by atoms with van der Waals surface area (Å²) in [7, 11) is 0. The number of hydrogen-bond acceptors (Lipinski definition) is 3. The summed E-state index contributed by atoms with van der Waals surface area (Å²) in [4.78, 5) is 8.26. The van der Waals surface area contributed by atoms with E-state index in [0.717, 1.165) is 17.4 Å². The van der Waals surface area contributed by atoms with Crippen molar-refractivity contribution in [1.82, 2.24) is 15.2 Å². The highest BCUT2D eigenvalue weighted by atomic mass is 32.1. The molecule has 3 heterocycles.